The molecule has 35 heavy (non-hydrogen) atoms. The maximum Gasteiger partial charge on any atom is 0.164 e. The van der Waals surface area contributed by atoms with Crippen molar-refractivity contribution in [3.05, 3.63) is 96.8 Å². The van der Waals surface area contributed by atoms with Gasteiger partial charge < -0.3 is 0 Å². The Labute approximate surface area is 207 Å². The average molecular weight is 458 g/mol. The standard InChI is InChI=1S/C32H31N3/c1-5-32(4,6-2)21-22(3)29-33-30(23-14-8-7-9-15-23)35-31(34-29)28-20-24-16-10-11-17-25(24)26-18-12-13-19-27(26)28/h7-21H,5-6H2,1-4H3/b22-21+. The second kappa shape index (κ2) is 9.42. The molecule has 0 aliphatic rings. The Bertz CT molecular complexity index is 1530. The normalized spacial score (nSPS) is 12.4. The molecule has 0 aliphatic heterocycles. The number of aromatic nitrogens is 3. The Morgan fingerprint density at radius 3 is 2.03 bits per heavy atom. The van der Waals surface area contributed by atoms with E-state index in [1.54, 1.807) is 0 Å². The first-order valence-corrected chi connectivity index (χ1v) is 12.4. The van der Waals surface area contributed by atoms with Crippen molar-refractivity contribution in [2.75, 3.05) is 0 Å². The highest BCUT2D eigenvalue weighted by Crippen LogP contribution is 2.35. The SMILES string of the molecule is CCC(C)(/C=C(\C)c1nc(-c2ccccc2)nc(-c2cc3ccccc3c3ccccc23)n1)CC. The summed E-state index contributed by atoms with van der Waals surface area (Å²) in [5.41, 5.74) is 3.22. The monoisotopic (exact) mass is 457 g/mol. The van der Waals surface area contributed by atoms with E-state index in [0.29, 0.717) is 11.6 Å². The Morgan fingerprint density at radius 1 is 0.714 bits per heavy atom. The van der Waals surface area contributed by atoms with Crippen LogP contribution in [-0.2, 0) is 0 Å². The quantitative estimate of drug-likeness (QED) is 0.239. The van der Waals surface area contributed by atoms with Gasteiger partial charge >= 0.3 is 0 Å². The highest BCUT2D eigenvalue weighted by Gasteiger charge is 2.20. The van der Waals surface area contributed by atoms with Gasteiger partial charge in [0.25, 0.3) is 0 Å². The maximum absolute atomic E-state index is 5.05. The average Bonchev–Trinajstić information content (AvgIpc) is 2.92. The van der Waals surface area contributed by atoms with Crippen molar-refractivity contribution in [2.45, 2.75) is 40.5 Å². The minimum atomic E-state index is 0.111. The zero-order valence-electron chi connectivity index (χ0n) is 20.9. The van der Waals surface area contributed by atoms with Gasteiger partial charge in [0.15, 0.2) is 17.5 Å². The zero-order valence-corrected chi connectivity index (χ0v) is 20.9. The van der Waals surface area contributed by atoms with Crippen molar-refractivity contribution in [1.29, 1.82) is 0 Å². The van der Waals surface area contributed by atoms with Crippen LogP contribution in [0, 0.1) is 5.41 Å². The lowest BCUT2D eigenvalue weighted by molar-refractivity contribution is 0.396. The Balaban J connectivity index is 1.79. The fourth-order valence-electron chi connectivity index (χ4n) is 4.67. The zero-order chi connectivity index (χ0) is 24.4. The molecule has 1 aromatic heterocycles. The highest BCUT2D eigenvalue weighted by molar-refractivity contribution is 6.13. The molecule has 0 aliphatic carbocycles. The number of allylic oxidation sites excluding steroid dienone is 2. The van der Waals surface area contributed by atoms with Gasteiger partial charge in [-0.25, -0.2) is 15.0 Å². The largest absolute Gasteiger partial charge is 0.209 e. The molecule has 0 bridgehead atoms. The van der Waals surface area contributed by atoms with Gasteiger partial charge in [0, 0.05) is 11.1 Å². The highest BCUT2D eigenvalue weighted by atomic mass is 15.0. The molecular weight excluding hydrogens is 426 g/mol. The predicted molar refractivity (Wildman–Crippen MR) is 148 cm³/mol. The van der Waals surface area contributed by atoms with Crippen LogP contribution in [0.1, 0.15) is 46.4 Å². The lowest BCUT2D eigenvalue weighted by Crippen LogP contribution is -2.11. The summed E-state index contributed by atoms with van der Waals surface area (Å²) in [6, 6.07) is 29.4. The van der Waals surface area contributed by atoms with Gasteiger partial charge in [0.1, 0.15) is 0 Å². The topological polar surface area (TPSA) is 38.7 Å². The van der Waals surface area contributed by atoms with Crippen LogP contribution in [0.15, 0.2) is 91.0 Å². The summed E-state index contributed by atoms with van der Waals surface area (Å²) < 4.78 is 0. The Hall–Kier alpha value is -3.85. The van der Waals surface area contributed by atoms with Gasteiger partial charge in [0.05, 0.1) is 0 Å². The van der Waals surface area contributed by atoms with E-state index in [4.69, 9.17) is 15.0 Å². The molecule has 0 unspecified atom stereocenters. The van der Waals surface area contributed by atoms with Crippen molar-refractivity contribution in [2.24, 2.45) is 5.41 Å². The van der Waals surface area contributed by atoms with Crippen LogP contribution in [0.2, 0.25) is 0 Å². The molecule has 1 heterocycles. The Kier molecular flexibility index (Phi) is 6.17. The molecule has 0 saturated carbocycles. The summed E-state index contributed by atoms with van der Waals surface area (Å²) in [5.74, 6) is 2.14. The van der Waals surface area contributed by atoms with Crippen LogP contribution in [0.25, 0.3) is 49.9 Å². The molecule has 0 N–H and O–H groups in total. The molecule has 0 saturated heterocycles. The van der Waals surface area contributed by atoms with Crippen LogP contribution in [0.5, 0.6) is 0 Å². The molecule has 3 nitrogen and oxygen atoms in total. The van der Waals surface area contributed by atoms with Crippen LogP contribution >= 0.6 is 0 Å². The first-order valence-electron chi connectivity index (χ1n) is 12.4. The van der Waals surface area contributed by atoms with Crippen molar-refractivity contribution in [3.8, 4) is 22.8 Å². The summed E-state index contributed by atoms with van der Waals surface area (Å²) >= 11 is 0. The summed E-state index contributed by atoms with van der Waals surface area (Å²) in [4.78, 5) is 15.0. The fraction of sp³-hybridized carbons (Fsp3) is 0.219. The number of fused-ring (bicyclic) bond motifs is 3. The molecule has 174 valence electrons. The molecule has 5 rings (SSSR count). The van der Waals surface area contributed by atoms with Crippen molar-refractivity contribution >= 4 is 27.1 Å². The van der Waals surface area contributed by atoms with Crippen LogP contribution < -0.4 is 0 Å². The van der Waals surface area contributed by atoms with Gasteiger partial charge in [-0.05, 0) is 58.4 Å². The minimum absolute atomic E-state index is 0.111. The van der Waals surface area contributed by atoms with Gasteiger partial charge in [-0.3, -0.25) is 0 Å². The van der Waals surface area contributed by atoms with Crippen molar-refractivity contribution in [1.82, 2.24) is 15.0 Å². The first kappa shape index (κ1) is 22.9. The number of rotatable bonds is 6. The molecular formula is C32H31N3. The first-order chi connectivity index (χ1) is 17.0. The predicted octanol–water partition coefficient (Wildman–Crippen LogP) is 8.74. The molecule has 0 spiro atoms. The van der Waals surface area contributed by atoms with Gasteiger partial charge in [0.2, 0.25) is 0 Å². The number of hydrogen-bond donors (Lipinski definition) is 0. The lowest BCUT2D eigenvalue weighted by atomic mass is 9.83. The van der Waals surface area contributed by atoms with E-state index < -0.39 is 0 Å². The van der Waals surface area contributed by atoms with E-state index in [9.17, 15) is 0 Å². The third kappa shape index (κ3) is 4.46. The smallest absolute Gasteiger partial charge is 0.164 e. The van der Waals surface area contributed by atoms with Crippen LogP contribution in [0.3, 0.4) is 0 Å². The van der Waals surface area contributed by atoms with Crippen molar-refractivity contribution in [3.63, 3.8) is 0 Å². The lowest BCUT2D eigenvalue weighted by Gasteiger charge is -2.23. The Morgan fingerprint density at radius 2 is 1.31 bits per heavy atom. The van der Waals surface area contributed by atoms with E-state index in [2.05, 4.69) is 101 Å². The number of benzene rings is 4. The van der Waals surface area contributed by atoms with E-state index in [1.165, 1.54) is 16.2 Å². The van der Waals surface area contributed by atoms with Gasteiger partial charge in [-0.15, -0.1) is 0 Å². The fourth-order valence-corrected chi connectivity index (χ4v) is 4.67. The number of hydrogen-bond acceptors (Lipinski definition) is 3. The summed E-state index contributed by atoms with van der Waals surface area (Å²) in [7, 11) is 0. The molecule has 5 aromatic rings. The molecule has 4 aromatic carbocycles. The second-order valence-electron chi connectivity index (χ2n) is 9.55. The number of nitrogens with zero attached hydrogens (tertiary/aromatic N) is 3. The third-order valence-corrected chi connectivity index (χ3v) is 7.21. The molecule has 0 amide bonds. The van der Waals surface area contributed by atoms with Crippen LogP contribution in [-0.4, -0.2) is 15.0 Å². The van der Waals surface area contributed by atoms with E-state index >= 15 is 0 Å². The molecule has 0 fully saturated rings. The molecule has 3 heteroatoms. The van der Waals surface area contributed by atoms with E-state index in [1.807, 2.05) is 18.2 Å². The minimum Gasteiger partial charge on any atom is -0.209 e. The second-order valence-corrected chi connectivity index (χ2v) is 9.55. The summed E-state index contributed by atoms with van der Waals surface area (Å²) in [5, 5.41) is 4.78. The summed E-state index contributed by atoms with van der Waals surface area (Å²) in [6.45, 7) is 8.90. The van der Waals surface area contributed by atoms with E-state index in [-0.39, 0.29) is 5.41 Å². The molecule has 0 atom stereocenters. The third-order valence-electron chi connectivity index (χ3n) is 7.21. The maximum atomic E-state index is 5.05. The van der Waals surface area contributed by atoms with Gasteiger partial charge in [-0.2, -0.15) is 0 Å². The van der Waals surface area contributed by atoms with Crippen molar-refractivity contribution < 1.29 is 0 Å². The summed E-state index contributed by atoms with van der Waals surface area (Å²) in [6.07, 6.45) is 4.47. The van der Waals surface area contributed by atoms with Crippen LogP contribution in [0.4, 0.5) is 0 Å². The van der Waals surface area contributed by atoms with E-state index in [0.717, 1.165) is 40.8 Å². The molecule has 0 radical (unpaired) electrons. The van der Waals surface area contributed by atoms with Gasteiger partial charge in [-0.1, -0.05) is 106 Å².